The molecule has 0 amide bonds. The molecule has 6 heteroatoms. The van der Waals surface area contributed by atoms with Crippen LogP contribution < -0.4 is 5.56 Å². The van der Waals surface area contributed by atoms with Gasteiger partial charge in [-0.2, -0.15) is 0 Å². The highest BCUT2D eigenvalue weighted by Gasteiger charge is 2.14. The number of aromatic amines is 1. The van der Waals surface area contributed by atoms with Gasteiger partial charge < -0.3 is 4.98 Å². The monoisotopic (exact) mass is 414 g/mol. The van der Waals surface area contributed by atoms with Crippen LogP contribution in [0.1, 0.15) is 22.5 Å². The van der Waals surface area contributed by atoms with Gasteiger partial charge in [0, 0.05) is 27.4 Å². The number of nitrogens with one attached hydrogen (secondary N) is 1. The summed E-state index contributed by atoms with van der Waals surface area (Å²) in [6.45, 7) is 4.15. The molecular formula is C21H16Cl2N2OS. The van der Waals surface area contributed by atoms with Gasteiger partial charge in [0.2, 0.25) is 0 Å². The lowest BCUT2D eigenvalue weighted by Crippen LogP contribution is -2.11. The Balaban J connectivity index is 1.77. The van der Waals surface area contributed by atoms with E-state index in [-0.39, 0.29) is 5.56 Å². The van der Waals surface area contributed by atoms with Gasteiger partial charge in [-0.15, -0.1) is 11.3 Å². The first kappa shape index (κ1) is 18.2. The van der Waals surface area contributed by atoms with Crippen LogP contribution in [0, 0.1) is 13.8 Å². The van der Waals surface area contributed by atoms with Crippen LogP contribution in [0.3, 0.4) is 0 Å². The van der Waals surface area contributed by atoms with Crippen LogP contribution in [0.25, 0.3) is 21.3 Å². The van der Waals surface area contributed by atoms with E-state index in [0.29, 0.717) is 27.7 Å². The summed E-state index contributed by atoms with van der Waals surface area (Å²) in [7, 11) is 0. The number of thiophene rings is 1. The van der Waals surface area contributed by atoms with Crippen LogP contribution in [-0.2, 0) is 6.42 Å². The van der Waals surface area contributed by atoms with Crippen molar-refractivity contribution in [2.45, 2.75) is 20.3 Å². The van der Waals surface area contributed by atoms with Gasteiger partial charge in [0.15, 0.2) is 0 Å². The Labute approximate surface area is 170 Å². The van der Waals surface area contributed by atoms with Crippen LogP contribution in [-0.4, -0.2) is 9.97 Å². The first-order valence-electron chi connectivity index (χ1n) is 8.44. The molecule has 0 fully saturated rings. The van der Waals surface area contributed by atoms with Crippen molar-refractivity contribution in [3.8, 4) is 11.1 Å². The maximum absolute atomic E-state index is 12.8. The maximum Gasteiger partial charge on any atom is 0.260 e. The van der Waals surface area contributed by atoms with Crippen molar-refractivity contribution in [1.82, 2.24) is 9.97 Å². The Kier molecular flexibility index (Phi) is 4.81. The molecule has 0 unspecified atom stereocenters. The highest BCUT2D eigenvalue weighted by atomic mass is 35.5. The fourth-order valence-electron chi connectivity index (χ4n) is 3.04. The van der Waals surface area contributed by atoms with Gasteiger partial charge >= 0.3 is 0 Å². The van der Waals surface area contributed by atoms with Gasteiger partial charge in [-0.25, -0.2) is 4.98 Å². The summed E-state index contributed by atoms with van der Waals surface area (Å²) in [5, 5.41) is 3.77. The fourth-order valence-corrected chi connectivity index (χ4v) is 4.49. The Morgan fingerprint density at radius 1 is 1.07 bits per heavy atom. The highest BCUT2D eigenvalue weighted by Crippen LogP contribution is 2.32. The average Bonchev–Trinajstić information content (AvgIpc) is 3.04. The summed E-state index contributed by atoms with van der Waals surface area (Å²) >= 11 is 13.7. The van der Waals surface area contributed by atoms with Gasteiger partial charge in [-0.3, -0.25) is 4.79 Å². The summed E-state index contributed by atoms with van der Waals surface area (Å²) in [6.07, 6.45) is 0.443. The molecule has 0 aliphatic heterocycles. The molecule has 2 aromatic heterocycles. The minimum atomic E-state index is -0.130. The van der Waals surface area contributed by atoms with E-state index < -0.39 is 0 Å². The van der Waals surface area contributed by atoms with E-state index in [0.717, 1.165) is 21.5 Å². The Morgan fingerprint density at radius 2 is 1.89 bits per heavy atom. The third-order valence-corrected chi connectivity index (χ3v) is 6.14. The molecule has 136 valence electrons. The van der Waals surface area contributed by atoms with E-state index in [2.05, 4.69) is 35.9 Å². The molecule has 0 bridgehead atoms. The van der Waals surface area contributed by atoms with Crippen molar-refractivity contribution in [1.29, 1.82) is 0 Å². The van der Waals surface area contributed by atoms with Crippen molar-refractivity contribution in [2.24, 2.45) is 0 Å². The second-order valence-corrected chi connectivity index (χ2v) is 8.26. The predicted molar refractivity (Wildman–Crippen MR) is 114 cm³/mol. The molecule has 1 N–H and O–H groups in total. The number of hydrogen-bond acceptors (Lipinski definition) is 3. The fraction of sp³-hybridized carbons (Fsp3) is 0.143. The van der Waals surface area contributed by atoms with E-state index >= 15 is 0 Å². The van der Waals surface area contributed by atoms with Crippen LogP contribution in [0.4, 0.5) is 0 Å². The Hall–Kier alpha value is -2.14. The van der Waals surface area contributed by atoms with Crippen molar-refractivity contribution in [2.75, 3.05) is 0 Å². The third kappa shape index (κ3) is 3.53. The molecule has 2 heterocycles. The number of hydrogen-bond donors (Lipinski definition) is 1. The zero-order chi connectivity index (χ0) is 19.1. The topological polar surface area (TPSA) is 45.8 Å². The quantitative estimate of drug-likeness (QED) is 0.435. The summed E-state index contributed by atoms with van der Waals surface area (Å²) in [5.41, 5.74) is 5.12. The predicted octanol–water partition coefficient (Wildman–Crippen LogP) is 6.17. The number of nitrogens with zero attached hydrogens (tertiary/aromatic N) is 1. The largest absolute Gasteiger partial charge is 0.310 e. The molecule has 4 aromatic rings. The zero-order valence-corrected chi connectivity index (χ0v) is 17.1. The van der Waals surface area contributed by atoms with Crippen LogP contribution in [0.2, 0.25) is 10.0 Å². The lowest BCUT2D eigenvalue weighted by Gasteiger charge is -2.06. The van der Waals surface area contributed by atoms with E-state index in [1.165, 1.54) is 22.5 Å². The standard InChI is InChI=1S/C21H16Cl2N2OS/c1-11-3-4-13(7-12(11)2)16-10-27-21-19(16)20(26)24-18(25-21)8-14-5-6-15(22)9-17(14)23/h3-7,9-10H,8H2,1-2H3,(H,24,25,26). The SMILES string of the molecule is Cc1ccc(-c2csc3nc(Cc4ccc(Cl)cc4Cl)[nH]c(=O)c23)cc1C. The van der Waals surface area contributed by atoms with E-state index in [1.54, 1.807) is 12.1 Å². The van der Waals surface area contributed by atoms with Crippen molar-refractivity contribution in [3.63, 3.8) is 0 Å². The number of fused-ring (bicyclic) bond motifs is 1. The first-order valence-corrected chi connectivity index (χ1v) is 10.1. The van der Waals surface area contributed by atoms with Crippen molar-refractivity contribution in [3.05, 3.63) is 84.7 Å². The second kappa shape index (κ2) is 7.12. The second-order valence-electron chi connectivity index (χ2n) is 6.55. The lowest BCUT2D eigenvalue weighted by molar-refractivity contribution is 0.977. The summed E-state index contributed by atoms with van der Waals surface area (Å²) in [6, 6.07) is 11.6. The van der Waals surface area contributed by atoms with Gasteiger partial charge in [-0.05, 0) is 48.2 Å². The summed E-state index contributed by atoms with van der Waals surface area (Å²) in [4.78, 5) is 21.1. The third-order valence-electron chi connectivity index (χ3n) is 4.68. The van der Waals surface area contributed by atoms with Crippen molar-refractivity contribution >= 4 is 44.8 Å². The van der Waals surface area contributed by atoms with Gasteiger partial charge in [0.05, 0.1) is 5.39 Å². The average molecular weight is 415 g/mol. The smallest absolute Gasteiger partial charge is 0.260 e. The Bertz CT molecular complexity index is 1230. The van der Waals surface area contributed by atoms with Gasteiger partial charge in [0.25, 0.3) is 5.56 Å². The summed E-state index contributed by atoms with van der Waals surface area (Å²) in [5.74, 6) is 0.588. The van der Waals surface area contributed by atoms with E-state index in [1.807, 2.05) is 17.5 Å². The Morgan fingerprint density at radius 3 is 2.63 bits per heavy atom. The molecule has 3 nitrogen and oxygen atoms in total. The minimum Gasteiger partial charge on any atom is -0.310 e. The number of halogens is 2. The van der Waals surface area contributed by atoms with Crippen LogP contribution in [0.15, 0.2) is 46.6 Å². The molecule has 0 radical (unpaired) electrons. The number of aromatic nitrogens is 2. The molecule has 0 spiro atoms. The van der Waals surface area contributed by atoms with Gasteiger partial charge in [0.1, 0.15) is 10.7 Å². The number of H-pyrrole nitrogens is 1. The molecule has 4 rings (SSSR count). The zero-order valence-electron chi connectivity index (χ0n) is 14.8. The molecule has 0 aliphatic rings. The van der Waals surface area contributed by atoms with E-state index in [4.69, 9.17) is 23.2 Å². The van der Waals surface area contributed by atoms with Gasteiger partial charge in [-0.1, -0.05) is 47.5 Å². The molecule has 0 atom stereocenters. The van der Waals surface area contributed by atoms with E-state index in [9.17, 15) is 4.79 Å². The molecular weight excluding hydrogens is 399 g/mol. The molecule has 27 heavy (non-hydrogen) atoms. The minimum absolute atomic E-state index is 0.130. The molecule has 0 aliphatic carbocycles. The van der Waals surface area contributed by atoms with Crippen LogP contribution >= 0.6 is 34.5 Å². The highest BCUT2D eigenvalue weighted by molar-refractivity contribution is 7.17. The number of benzene rings is 2. The maximum atomic E-state index is 12.8. The lowest BCUT2D eigenvalue weighted by atomic mass is 10.0. The normalized spacial score (nSPS) is 11.3. The summed E-state index contributed by atoms with van der Waals surface area (Å²) < 4.78 is 0. The number of aryl methyl sites for hydroxylation is 2. The number of rotatable bonds is 3. The molecule has 0 saturated carbocycles. The first-order chi connectivity index (χ1) is 12.9. The van der Waals surface area contributed by atoms with Crippen molar-refractivity contribution < 1.29 is 0 Å². The molecule has 0 saturated heterocycles. The molecule has 2 aromatic carbocycles. The van der Waals surface area contributed by atoms with Crippen LogP contribution in [0.5, 0.6) is 0 Å².